The van der Waals surface area contributed by atoms with Gasteiger partial charge < -0.3 is 9.32 Å². The van der Waals surface area contributed by atoms with E-state index in [1.54, 1.807) is 11.0 Å². The van der Waals surface area contributed by atoms with Gasteiger partial charge in [0.15, 0.2) is 5.58 Å². The van der Waals surface area contributed by atoms with Crippen molar-refractivity contribution < 1.29 is 17.6 Å². The molecule has 0 aliphatic carbocycles. The zero-order valence-corrected chi connectivity index (χ0v) is 15.2. The molecular weight excluding hydrogens is 378 g/mol. The Morgan fingerprint density at radius 3 is 2.62 bits per heavy atom. The van der Waals surface area contributed by atoms with Crippen LogP contribution in [0, 0.1) is 0 Å². The van der Waals surface area contributed by atoms with Gasteiger partial charge in [-0.2, -0.15) is 4.31 Å². The molecule has 0 radical (unpaired) electrons. The van der Waals surface area contributed by atoms with Gasteiger partial charge in [0, 0.05) is 32.2 Å². The fourth-order valence-corrected chi connectivity index (χ4v) is 5.05. The summed E-state index contributed by atoms with van der Waals surface area (Å²) >= 11 is 1.37. The Morgan fingerprint density at radius 2 is 1.92 bits per heavy atom. The molecular formula is C16H15N3O5S2. The highest BCUT2D eigenvalue weighted by Crippen LogP contribution is 2.22. The third-order valence-corrected chi connectivity index (χ3v) is 7.04. The van der Waals surface area contributed by atoms with E-state index in [2.05, 4.69) is 4.98 Å². The lowest BCUT2D eigenvalue weighted by Gasteiger charge is -2.33. The van der Waals surface area contributed by atoms with Crippen molar-refractivity contribution in [2.75, 3.05) is 26.2 Å². The number of piperazine rings is 1. The zero-order valence-electron chi connectivity index (χ0n) is 13.5. The van der Waals surface area contributed by atoms with Crippen LogP contribution in [0.2, 0.25) is 0 Å². The van der Waals surface area contributed by atoms with E-state index < -0.39 is 15.8 Å². The van der Waals surface area contributed by atoms with E-state index in [1.807, 2.05) is 11.4 Å². The first-order valence-corrected chi connectivity index (χ1v) is 10.2. The largest absolute Gasteiger partial charge is 0.417 e. The van der Waals surface area contributed by atoms with Gasteiger partial charge >= 0.3 is 5.76 Å². The molecule has 1 aliphatic heterocycles. The van der Waals surface area contributed by atoms with E-state index in [0.29, 0.717) is 23.5 Å². The van der Waals surface area contributed by atoms with E-state index in [9.17, 15) is 18.0 Å². The topological polar surface area (TPSA) is 104 Å². The minimum absolute atomic E-state index is 0.0609. The van der Waals surface area contributed by atoms with Crippen LogP contribution in [-0.2, 0) is 10.0 Å². The Kier molecular flexibility index (Phi) is 4.17. The molecule has 0 saturated carbocycles. The number of carbonyl (C=O) groups is 1. The molecule has 0 unspecified atom stereocenters. The molecule has 1 N–H and O–H groups in total. The summed E-state index contributed by atoms with van der Waals surface area (Å²) < 4.78 is 32.0. The van der Waals surface area contributed by atoms with Crippen molar-refractivity contribution in [1.29, 1.82) is 0 Å². The number of fused-ring (bicyclic) bond motifs is 1. The summed E-state index contributed by atoms with van der Waals surface area (Å²) in [7, 11) is -3.73. The summed E-state index contributed by atoms with van der Waals surface area (Å²) in [5.41, 5.74) is 0.642. The maximum atomic E-state index is 12.8. The lowest BCUT2D eigenvalue weighted by Crippen LogP contribution is -2.50. The number of H-pyrrole nitrogens is 1. The second kappa shape index (κ2) is 6.38. The van der Waals surface area contributed by atoms with Gasteiger partial charge in [0.2, 0.25) is 10.0 Å². The summed E-state index contributed by atoms with van der Waals surface area (Å²) in [6, 6.07) is 7.85. The molecule has 0 atom stereocenters. The van der Waals surface area contributed by atoms with Crippen LogP contribution in [0.1, 0.15) is 9.67 Å². The van der Waals surface area contributed by atoms with Crippen LogP contribution in [0.25, 0.3) is 11.1 Å². The third kappa shape index (κ3) is 2.96. The van der Waals surface area contributed by atoms with Crippen molar-refractivity contribution >= 4 is 38.4 Å². The van der Waals surface area contributed by atoms with Crippen LogP contribution < -0.4 is 5.76 Å². The van der Waals surface area contributed by atoms with Crippen LogP contribution in [0.5, 0.6) is 0 Å². The fourth-order valence-electron chi connectivity index (χ4n) is 2.92. The van der Waals surface area contributed by atoms with Crippen molar-refractivity contribution in [1.82, 2.24) is 14.2 Å². The summed E-state index contributed by atoms with van der Waals surface area (Å²) in [5.74, 6) is -0.706. The summed E-state index contributed by atoms with van der Waals surface area (Å²) in [6.45, 7) is 1.10. The number of nitrogens with zero attached hydrogens (tertiary/aromatic N) is 2. The van der Waals surface area contributed by atoms with Gasteiger partial charge in [-0.15, -0.1) is 11.3 Å². The molecule has 136 valence electrons. The average Bonchev–Trinajstić information content (AvgIpc) is 3.29. The van der Waals surface area contributed by atoms with Crippen molar-refractivity contribution in [3.05, 3.63) is 51.1 Å². The van der Waals surface area contributed by atoms with Crippen LogP contribution >= 0.6 is 11.3 Å². The van der Waals surface area contributed by atoms with Crippen molar-refractivity contribution in [3.8, 4) is 0 Å². The number of amides is 1. The second-order valence-electron chi connectivity index (χ2n) is 5.85. The van der Waals surface area contributed by atoms with E-state index in [4.69, 9.17) is 4.42 Å². The molecule has 0 bridgehead atoms. The Labute approximate surface area is 152 Å². The maximum Gasteiger partial charge on any atom is 0.417 e. The zero-order chi connectivity index (χ0) is 18.3. The number of hydrogen-bond donors (Lipinski definition) is 1. The monoisotopic (exact) mass is 393 g/mol. The SMILES string of the molecule is O=C(c1cccs1)N1CCN(S(=O)(=O)c2ccc3[nH]c(=O)oc3c2)CC1. The molecule has 3 heterocycles. The molecule has 1 aliphatic rings. The van der Waals surface area contributed by atoms with E-state index in [0.717, 1.165) is 0 Å². The molecule has 1 aromatic carbocycles. The van der Waals surface area contributed by atoms with Crippen molar-refractivity contribution in [3.63, 3.8) is 0 Å². The highest BCUT2D eigenvalue weighted by molar-refractivity contribution is 7.89. The van der Waals surface area contributed by atoms with Gasteiger partial charge in [0.25, 0.3) is 5.91 Å². The maximum absolute atomic E-state index is 12.8. The van der Waals surface area contributed by atoms with Crippen LogP contribution in [-0.4, -0.2) is 54.7 Å². The number of aromatic amines is 1. The first kappa shape index (κ1) is 17.0. The Hall–Kier alpha value is -2.43. The molecule has 10 heteroatoms. The number of carbonyl (C=O) groups excluding carboxylic acids is 1. The summed E-state index contributed by atoms with van der Waals surface area (Å²) in [6.07, 6.45) is 0. The highest BCUT2D eigenvalue weighted by atomic mass is 32.2. The van der Waals surface area contributed by atoms with Gasteiger partial charge in [-0.05, 0) is 23.6 Å². The predicted octanol–water partition coefficient (Wildman–Crippen LogP) is 1.33. The molecule has 3 aromatic rings. The number of oxazole rings is 1. The molecule has 0 spiro atoms. The first-order valence-electron chi connectivity index (χ1n) is 7.91. The number of rotatable bonds is 3. The number of hydrogen-bond acceptors (Lipinski definition) is 6. The summed E-state index contributed by atoms with van der Waals surface area (Å²) in [5, 5.41) is 1.84. The number of sulfonamides is 1. The number of thiophene rings is 1. The minimum Gasteiger partial charge on any atom is -0.408 e. The van der Waals surface area contributed by atoms with E-state index >= 15 is 0 Å². The molecule has 1 amide bonds. The van der Waals surface area contributed by atoms with Crippen LogP contribution in [0.15, 0.2) is 49.8 Å². The van der Waals surface area contributed by atoms with Gasteiger partial charge in [-0.1, -0.05) is 6.07 Å². The second-order valence-corrected chi connectivity index (χ2v) is 8.73. The summed E-state index contributed by atoms with van der Waals surface area (Å²) in [4.78, 5) is 28.4. The predicted molar refractivity (Wildman–Crippen MR) is 95.8 cm³/mol. The quantitative estimate of drug-likeness (QED) is 0.723. The lowest BCUT2D eigenvalue weighted by molar-refractivity contribution is 0.0703. The van der Waals surface area contributed by atoms with Gasteiger partial charge in [-0.3, -0.25) is 9.78 Å². The number of nitrogens with one attached hydrogen (secondary N) is 1. The third-order valence-electron chi connectivity index (χ3n) is 4.29. The smallest absolute Gasteiger partial charge is 0.408 e. The fraction of sp³-hybridized carbons (Fsp3) is 0.250. The van der Waals surface area contributed by atoms with E-state index in [-0.39, 0.29) is 29.5 Å². The molecule has 1 fully saturated rings. The highest BCUT2D eigenvalue weighted by Gasteiger charge is 2.31. The van der Waals surface area contributed by atoms with E-state index in [1.165, 1.54) is 33.8 Å². The van der Waals surface area contributed by atoms with Gasteiger partial charge in [0.1, 0.15) is 0 Å². The minimum atomic E-state index is -3.73. The molecule has 1 saturated heterocycles. The normalized spacial score (nSPS) is 16.2. The van der Waals surface area contributed by atoms with Gasteiger partial charge in [-0.25, -0.2) is 13.2 Å². The molecule has 8 nitrogen and oxygen atoms in total. The first-order chi connectivity index (χ1) is 12.4. The van der Waals surface area contributed by atoms with Crippen LogP contribution in [0.4, 0.5) is 0 Å². The van der Waals surface area contributed by atoms with Gasteiger partial charge in [0.05, 0.1) is 15.3 Å². The average molecular weight is 393 g/mol. The Balaban J connectivity index is 1.52. The number of aromatic nitrogens is 1. The van der Waals surface area contributed by atoms with Crippen molar-refractivity contribution in [2.24, 2.45) is 0 Å². The van der Waals surface area contributed by atoms with Crippen LogP contribution in [0.3, 0.4) is 0 Å². The standard InChI is InChI=1S/C16H15N3O5S2/c20-15(14-2-1-9-25-14)18-5-7-19(8-6-18)26(22,23)11-3-4-12-13(10-11)24-16(21)17-12/h1-4,9-10H,5-8H2,(H,17,21). The molecule has 26 heavy (non-hydrogen) atoms. The Bertz CT molecular complexity index is 1110. The molecule has 2 aromatic heterocycles. The molecule has 4 rings (SSSR count). The lowest BCUT2D eigenvalue weighted by atomic mass is 10.3. The van der Waals surface area contributed by atoms with Crippen molar-refractivity contribution in [2.45, 2.75) is 4.90 Å². The number of benzene rings is 1. The Morgan fingerprint density at radius 1 is 1.15 bits per heavy atom.